The van der Waals surface area contributed by atoms with E-state index in [4.69, 9.17) is 0 Å². The van der Waals surface area contributed by atoms with Crippen molar-refractivity contribution in [2.75, 3.05) is 0 Å². The number of hydrogen-bond donors (Lipinski definition) is 1. The summed E-state index contributed by atoms with van der Waals surface area (Å²) in [5, 5.41) is 7.90. The SMILES string of the molecule is c1ccc(-c2ccc3c(c2)[nH]c2c4ccccc4c4c5ccccc5sc4c32)nc1. The van der Waals surface area contributed by atoms with Gasteiger partial charge in [-0.25, -0.2) is 0 Å². The third-order valence-corrected chi connectivity index (χ3v) is 7.24. The molecule has 0 spiro atoms. The molecule has 3 heterocycles. The fourth-order valence-electron chi connectivity index (χ4n) is 4.74. The summed E-state index contributed by atoms with van der Waals surface area (Å²) in [5.41, 5.74) is 4.50. The summed E-state index contributed by atoms with van der Waals surface area (Å²) >= 11 is 1.89. The molecule has 2 nitrogen and oxygen atoms in total. The molecular weight excluding hydrogens is 384 g/mol. The lowest BCUT2D eigenvalue weighted by molar-refractivity contribution is 1.33. The van der Waals surface area contributed by atoms with Gasteiger partial charge < -0.3 is 4.98 Å². The second-order valence-electron chi connectivity index (χ2n) is 7.70. The Balaban J connectivity index is 1.70. The third kappa shape index (κ3) is 2.10. The third-order valence-electron chi connectivity index (χ3n) is 6.05. The number of aromatic nitrogens is 2. The monoisotopic (exact) mass is 400 g/mol. The number of hydrogen-bond acceptors (Lipinski definition) is 2. The topological polar surface area (TPSA) is 28.7 Å². The zero-order valence-electron chi connectivity index (χ0n) is 16.0. The zero-order chi connectivity index (χ0) is 19.7. The van der Waals surface area contributed by atoms with E-state index >= 15 is 0 Å². The average Bonchev–Trinajstić information content (AvgIpc) is 3.38. The Labute approximate surface area is 176 Å². The fourth-order valence-corrected chi connectivity index (χ4v) is 6.02. The van der Waals surface area contributed by atoms with Crippen molar-refractivity contribution in [1.29, 1.82) is 0 Å². The number of thiophene rings is 1. The van der Waals surface area contributed by atoms with Crippen molar-refractivity contribution in [3.63, 3.8) is 0 Å². The predicted octanol–water partition coefficient (Wildman–Crippen LogP) is 7.90. The van der Waals surface area contributed by atoms with Crippen molar-refractivity contribution in [2.24, 2.45) is 0 Å². The number of H-pyrrole nitrogens is 1. The standard InChI is InChI=1S/C27H16N2S/c1-2-8-18-17(7-1)24-20-9-3-4-11-23(20)30-27(24)25-19-13-12-16(15-22(19)29-26(18)25)21-10-5-6-14-28-21/h1-15,29H. The smallest absolute Gasteiger partial charge is 0.0702 e. The quantitative estimate of drug-likeness (QED) is 0.298. The molecule has 0 aliphatic heterocycles. The van der Waals surface area contributed by atoms with Crippen molar-refractivity contribution in [3.05, 3.63) is 91.1 Å². The second-order valence-corrected chi connectivity index (χ2v) is 8.75. The van der Waals surface area contributed by atoms with E-state index in [1.54, 1.807) is 0 Å². The van der Waals surface area contributed by atoms with E-state index < -0.39 is 0 Å². The molecule has 3 aromatic heterocycles. The average molecular weight is 401 g/mol. The first-order valence-electron chi connectivity index (χ1n) is 10.1. The number of benzene rings is 4. The maximum atomic E-state index is 4.53. The predicted molar refractivity (Wildman–Crippen MR) is 129 cm³/mol. The van der Waals surface area contributed by atoms with Gasteiger partial charge in [0.05, 0.1) is 11.2 Å². The van der Waals surface area contributed by atoms with E-state index in [0.717, 1.165) is 16.8 Å². The first-order valence-corrected chi connectivity index (χ1v) is 10.9. The van der Waals surface area contributed by atoms with Gasteiger partial charge in [-0.05, 0) is 29.7 Å². The largest absolute Gasteiger partial charge is 0.354 e. The highest BCUT2D eigenvalue weighted by molar-refractivity contribution is 7.27. The summed E-state index contributed by atoms with van der Waals surface area (Å²) in [5.74, 6) is 0. The van der Waals surface area contributed by atoms with Gasteiger partial charge in [0.2, 0.25) is 0 Å². The van der Waals surface area contributed by atoms with E-state index in [0.29, 0.717) is 0 Å². The van der Waals surface area contributed by atoms with Crippen LogP contribution in [-0.2, 0) is 0 Å². The number of aromatic amines is 1. The lowest BCUT2D eigenvalue weighted by Crippen LogP contribution is -1.81. The lowest BCUT2D eigenvalue weighted by atomic mass is 9.99. The number of fused-ring (bicyclic) bond motifs is 10. The van der Waals surface area contributed by atoms with Crippen LogP contribution in [0.15, 0.2) is 91.1 Å². The van der Waals surface area contributed by atoms with Crippen LogP contribution < -0.4 is 0 Å². The molecule has 0 amide bonds. The highest BCUT2D eigenvalue weighted by Crippen LogP contribution is 2.46. The van der Waals surface area contributed by atoms with Gasteiger partial charge in [0, 0.05) is 53.6 Å². The normalized spacial score (nSPS) is 12.0. The van der Waals surface area contributed by atoms with Crippen LogP contribution >= 0.6 is 11.3 Å². The Morgan fingerprint density at radius 2 is 1.47 bits per heavy atom. The van der Waals surface area contributed by atoms with E-state index in [-0.39, 0.29) is 0 Å². The highest BCUT2D eigenvalue weighted by Gasteiger charge is 2.17. The zero-order valence-corrected chi connectivity index (χ0v) is 16.8. The molecule has 0 unspecified atom stereocenters. The Morgan fingerprint density at radius 1 is 0.667 bits per heavy atom. The van der Waals surface area contributed by atoms with Gasteiger partial charge in [-0.1, -0.05) is 60.7 Å². The van der Waals surface area contributed by atoms with Gasteiger partial charge in [-0.15, -0.1) is 11.3 Å². The van der Waals surface area contributed by atoms with E-state index in [1.807, 2.05) is 29.7 Å². The van der Waals surface area contributed by atoms with E-state index in [2.05, 4.69) is 82.8 Å². The summed E-state index contributed by atoms with van der Waals surface area (Å²) in [7, 11) is 0. The number of nitrogens with one attached hydrogen (secondary N) is 1. The summed E-state index contributed by atoms with van der Waals surface area (Å²) in [6.07, 6.45) is 1.85. The Morgan fingerprint density at radius 3 is 2.33 bits per heavy atom. The number of nitrogens with zero attached hydrogens (tertiary/aromatic N) is 1. The molecule has 0 saturated carbocycles. The molecule has 0 fully saturated rings. The van der Waals surface area contributed by atoms with Crippen molar-refractivity contribution in [3.8, 4) is 11.3 Å². The lowest BCUT2D eigenvalue weighted by Gasteiger charge is -2.04. The molecule has 4 aromatic carbocycles. The first kappa shape index (κ1) is 16.1. The summed E-state index contributed by atoms with van der Waals surface area (Å²) in [4.78, 5) is 8.27. The van der Waals surface area contributed by atoms with Crippen LogP contribution in [-0.4, -0.2) is 9.97 Å². The number of rotatable bonds is 1. The van der Waals surface area contributed by atoms with Gasteiger partial charge in [0.25, 0.3) is 0 Å². The van der Waals surface area contributed by atoms with E-state index in [9.17, 15) is 0 Å². The molecule has 0 aliphatic rings. The molecule has 7 rings (SSSR count). The number of pyridine rings is 1. The van der Waals surface area contributed by atoms with Crippen molar-refractivity contribution >= 4 is 64.1 Å². The van der Waals surface area contributed by atoms with Gasteiger partial charge in [-0.3, -0.25) is 4.98 Å². The maximum Gasteiger partial charge on any atom is 0.0702 e. The molecule has 0 saturated heterocycles. The molecule has 140 valence electrons. The minimum Gasteiger partial charge on any atom is -0.354 e. The minimum absolute atomic E-state index is 0.995. The molecule has 0 radical (unpaired) electrons. The Hall–Kier alpha value is -3.69. The van der Waals surface area contributed by atoms with Crippen LogP contribution in [0, 0.1) is 0 Å². The fraction of sp³-hybridized carbons (Fsp3) is 0. The van der Waals surface area contributed by atoms with Crippen LogP contribution in [0.1, 0.15) is 0 Å². The van der Waals surface area contributed by atoms with Gasteiger partial charge in [-0.2, -0.15) is 0 Å². The first-order chi connectivity index (χ1) is 14.9. The Bertz CT molecular complexity index is 1740. The molecule has 1 N–H and O–H groups in total. The van der Waals surface area contributed by atoms with Crippen molar-refractivity contribution in [2.45, 2.75) is 0 Å². The Kier molecular flexibility index (Phi) is 3.18. The van der Waals surface area contributed by atoms with Gasteiger partial charge in [0.15, 0.2) is 0 Å². The van der Waals surface area contributed by atoms with Crippen LogP contribution in [0.2, 0.25) is 0 Å². The highest BCUT2D eigenvalue weighted by atomic mass is 32.1. The van der Waals surface area contributed by atoms with Crippen molar-refractivity contribution < 1.29 is 0 Å². The van der Waals surface area contributed by atoms with Crippen LogP contribution in [0.4, 0.5) is 0 Å². The maximum absolute atomic E-state index is 4.53. The second kappa shape index (κ2) is 5.91. The molecule has 0 aliphatic carbocycles. The molecule has 0 atom stereocenters. The van der Waals surface area contributed by atoms with Gasteiger partial charge >= 0.3 is 0 Å². The summed E-state index contributed by atoms with van der Waals surface area (Å²) in [6, 6.07) is 30.2. The van der Waals surface area contributed by atoms with Crippen LogP contribution in [0.3, 0.4) is 0 Å². The van der Waals surface area contributed by atoms with Gasteiger partial charge in [0.1, 0.15) is 0 Å². The molecule has 0 bridgehead atoms. The van der Waals surface area contributed by atoms with E-state index in [1.165, 1.54) is 47.2 Å². The molecule has 30 heavy (non-hydrogen) atoms. The van der Waals surface area contributed by atoms with Crippen LogP contribution in [0.25, 0.3) is 64.0 Å². The van der Waals surface area contributed by atoms with Crippen LogP contribution in [0.5, 0.6) is 0 Å². The molecular formula is C27H16N2S. The van der Waals surface area contributed by atoms with Crippen molar-refractivity contribution in [1.82, 2.24) is 9.97 Å². The summed E-state index contributed by atoms with van der Waals surface area (Å²) < 4.78 is 2.70. The minimum atomic E-state index is 0.995. The molecule has 3 heteroatoms. The molecule has 7 aromatic rings. The summed E-state index contributed by atoms with van der Waals surface area (Å²) in [6.45, 7) is 0.